The molecule has 0 saturated carbocycles. The number of benzene rings is 1. The third-order valence-electron chi connectivity index (χ3n) is 5.13. The molecule has 1 N–H and O–H groups in total. The van der Waals surface area contributed by atoms with Crippen LogP contribution in [0.5, 0.6) is 5.75 Å². The summed E-state index contributed by atoms with van der Waals surface area (Å²) in [6.07, 6.45) is 1.76. The van der Waals surface area contributed by atoms with Gasteiger partial charge in [-0.05, 0) is 61.4 Å². The summed E-state index contributed by atoms with van der Waals surface area (Å²) in [4.78, 5) is 20.7. The van der Waals surface area contributed by atoms with Gasteiger partial charge in [-0.1, -0.05) is 12.1 Å². The minimum atomic E-state index is -0.00237. The van der Waals surface area contributed by atoms with Crippen LogP contribution in [0.15, 0.2) is 54.7 Å². The normalized spacial score (nSPS) is 13.7. The number of carbonyl (C=O) groups is 1. The largest absolute Gasteiger partial charge is 0.484 e. The van der Waals surface area contributed by atoms with Crippen LogP contribution in [0.1, 0.15) is 11.1 Å². The van der Waals surface area contributed by atoms with E-state index in [1.165, 1.54) is 0 Å². The molecule has 3 heterocycles. The van der Waals surface area contributed by atoms with E-state index in [1.54, 1.807) is 6.20 Å². The molecule has 0 aliphatic carbocycles. The van der Waals surface area contributed by atoms with Crippen LogP contribution in [0.2, 0.25) is 0 Å². The molecule has 1 amide bonds. The van der Waals surface area contributed by atoms with Crippen LogP contribution in [0, 0.1) is 13.8 Å². The number of nitrogens with zero attached hydrogens (tertiary/aromatic N) is 5. The number of nitrogens with one attached hydrogen (secondary N) is 1. The first kappa shape index (κ1) is 20.6. The van der Waals surface area contributed by atoms with E-state index in [0.717, 1.165) is 28.5 Å². The van der Waals surface area contributed by atoms with E-state index >= 15 is 0 Å². The summed E-state index contributed by atoms with van der Waals surface area (Å²) in [5, 5.41) is 11.8. The summed E-state index contributed by atoms with van der Waals surface area (Å²) < 4.78 is 5.64. The molecule has 1 saturated heterocycles. The van der Waals surface area contributed by atoms with Gasteiger partial charge in [0.1, 0.15) is 11.6 Å². The molecule has 0 spiro atoms. The molecule has 160 valence electrons. The molecule has 31 heavy (non-hydrogen) atoms. The zero-order chi connectivity index (χ0) is 21.6. The number of pyridine rings is 1. The standard InChI is InChI=1S/C23H26N6O2/c1-17-4-3-5-19(14-17)31-16-23(30)29-12-10-28(11-13-29)22-7-6-20(26-27-22)25-21-15-18(2)8-9-24-21/h3-9,14-15H,10-13,16H2,1-2H3,(H,24,25,26). The molecule has 1 aliphatic rings. The Bertz CT molecular complexity index is 1030. The summed E-state index contributed by atoms with van der Waals surface area (Å²) in [5.41, 5.74) is 2.23. The number of rotatable bonds is 6. The summed E-state index contributed by atoms with van der Waals surface area (Å²) in [6.45, 7) is 6.74. The van der Waals surface area contributed by atoms with Crippen molar-refractivity contribution in [2.75, 3.05) is 43.0 Å². The Balaban J connectivity index is 1.26. The fourth-order valence-corrected chi connectivity index (χ4v) is 3.42. The average molecular weight is 419 g/mol. The van der Waals surface area contributed by atoms with Crippen molar-refractivity contribution in [3.63, 3.8) is 0 Å². The van der Waals surface area contributed by atoms with E-state index in [1.807, 2.05) is 67.3 Å². The lowest BCUT2D eigenvalue weighted by molar-refractivity contribution is -0.133. The highest BCUT2D eigenvalue weighted by Crippen LogP contribution is 2.17. The molecule has 1 fully saturated rings. The number of hydrogen-bond donors (Lipinski definition) is 1. The lowest BCUT2D eigenvalue weighted by Gasteiger charge is -2.35. The highest BCUT2D eigenvalue weighted by atomic mass is 16.5. The average Bonchev–Trinajstić information content (AvgIpc) is 2.78. The molecule has 4 rings (SSSR count). The first-order chi connectivity index (χ1) is 15.1. The lowest BCUT2D eigenvalue weighted by atomic mass is 10.2. The Kier molecular flexibility index (Phi) is 6.26. The van der Waals surface area contributed by atoms with Gasteiger partial charge in [0.25, 0.3) is 5.91 Å². The Labute approximate surface area is 181 Å². The molecule has 2 aromatic heterocycles. The maximum Gasteiger partial charge on any atom is 0.260 e. The first-order valence-electron chi connectivity index (χ1n) is 10.3. The molecule has 8 nitrogen and oxygen atoms in total. The SMILES string of the molecule is Cc1cccc(OCC(=O)N2CCN(c3ccc(Nc4cc(C)ccn4)nn3)CC2)c1. The summed E-state index contributed by atoms with van der Waals surface area (Å²) >= 11 is 0. The number of carbonyl (C=O) groups excluding carboxylic acids is 1. The van der Waals surface area contributed by atoms with Gasteiger partial charge >= 0.3 is 0 Å². The van der Waals surface area contributed by atoms with Gasteiger partial charge in [0.2, 0.25) is 0 Å². The molecule has 0 bridgehead atoms. The second-order valence-corrected chi connectivity index (χ2v) is 7.59. The van der Waals surface area contributed by atoms with E-state index < -0.39 is 0 Å². The van der Waals surface area contributed by atoms with Gasteiger partial charge in [-0.15, -0.1) is 10.2 Å². The third-order valence-corrected chi connectivity index (χ3v) is 5.13. The minimum Gasteiger partial charge on any atom is -0.484 e. The molecule has 8 heteroatoms. The number of aromatic nitrogens is 3. The van der Waals surface area contributed by atoms with Crippen LogP contribution in [0.25, 0.3) is 0 Å². The van der Waals surface area contributed by atoms with Crippen LogP contribution in [0.4, 0.5) is 17.5 Å². The van der Waals surface area contributed by atoms with Crippen molar-refractivity contribution in [2.45, 2.75) is 13.8 Å². The van der Waals surface area contributed by atoms with E-state index in [2.05, 4.69) is 25.4 Å². The number of aryl methyl sites for hydroxylation is 2. The van der Waals surface area contributed by atoms with Gasteiger partial charge in [0, 0.05) is 32.4 Å². The van der Waals surface area contributed by atoms with Gasteiger partial charge in [-0.3, -0.25) is 4.79 Å². The van der Waals surface area contributed by atoms with Gasteiger partial charge in [-0.2, -0.15) is 0 Å². The second-order valence-electron chi connectivity index (χ2n) is 7.59. The van der Waals surface area contributed by atoms with Crippen LogP contribution >= 0.6 is 0 Å². The molecule has 1 aliphatic heterocycles. The minimum absolute atomic E-state index is 0.00237. The Hall–Kier alpha value is -3.68. The quantitative estimate of drug-likeness (QED) is 0.659. The monoisotopic (exact) mass is 418 g/mol. The van der Waals surface area contributed by atoms with Gasteiger partial charge in [0.05, 0.1) is 0 Å². The van der Waals surface area contributed by atoms with Gasteiger partial charge in [-0.25, -0.2) is 4.98 Å². The van der Waals surface area contributed by atoms with Gasteiger partial charge < -0.3 is 19.9 Å². The zero-order valence-electron chi connectivity index (χ0n) is 17.8. The lowest BCUT2D eigenvalue weighted by Crippen LogP contribution is -2.50. The van der Waals surface area contributed by atoms with Gasteiger partial charge in [0.15, 0.2) is 18.2 Å². The molecule has 1 aromatic carbocycles. The topological polar surface area (TPSA) is 83.5 Å². The molecular weight excluding hydrogens is 392 g/mol. The Morgan fingerprint density at radius 2 is 1.77 bits per heavy atom. The van der Waals surface area contributed by atoms with Crippen molar-refractivity contribution in [2.24, 2.45) is 0 Å². The van der Waals surface area contributed by atoms with Crippen molar-refractivity contribution in [1.29, 1.82) is 0 Å². The number of hydrogen-bond acceptors (Lipinski definition) is 7. The maximum absolute atomic E-state index is 12.5. The smallest absolute Gasteiger partial charge is 0.260 e. The maximum atomic E-state index is 12.5. The van der Waals surface area contributed by atoms with Crippen LogP contribution in [-0.2, 0) is 4.79 Å². The predicted octanol–water partition coefficient (Wildman–Crippen LogP) is 2.96. The fourth-order valence-electron chi connectivity index (χ4n) is 3.42. The third kappa shape index (κ3) is 5.48. The number of amides is 1. The summed E-state index contributed by atoms with van der Waals surface area (Å²) in [5.74, 6) is 2.89. The van der Waals surface area contributed by atoms with E-state index in [-0.39, 0.29) is 12.5 Å². The Morgan fingerprint density at radius 1 is 0.968 bits per heavy atom. The summed E-state index contributed by atoms with van der Waals surface area (Å²) in [6, 6.07) is 15.4. The van der Waals surface area contributed by atoms with E-state index in [4.69, 9.17) is 4.74 Å². The second kappa shape index (κ2) is 9.42. The molecule has 0 atom stereocenters. The highest BCUT2D eigenvalue weighted by Gasteiger charge is 2.22. The van der Waals surface area contributed by atoms with Crippen LogP contribution < -0.4 is 15.0 Å². The summed E-state index contributed by atoms with van der Waals surface area (Å²) in [7, 11) is 0. The molecular formula is C23H26N6O2. The van der Waals surface area contributed by atoms with Crippen molar-refractivity contribution >= 4 is 23.4 Å². The van der Waals surface area contributed by atoms with Crippen molar-refractivity contribution < 1.29 is 9.53 Å². The number of anilines is 3. The number of piperazine rings is 1. The zero-order valence-corrected chi connectivity index (χ0v) is 17.8. The van der Waals surface area contributed by atoms with Crippen molar-refractivity contribution in [3.8, 4) is 5.75 Å². The van der Waals surface area contributed by atoms with Crippen LogP contribution in [-0.4, -0.2) is 58.8 Å². The highest BCUT2D eigenvalue weighted by molar-refractivity contribution is 5.78. The molecule has 0 radical (unpaired) electrons. The van der Waals surface area contributed by atoms with Crippen molar-refractivity contribution in [1.82, 2.24) is 20.1 Å². The molecule has 3 aromatic rings. The fraction of sp³-hybridized carbons (Fsp3) is 0.304. The van der Waals surface area contributed by atoms with Crippen molar-refractivity contribution in [3.05, 3.63) is 65.9 Å². The first-order valence-corrected chi connectivity index (χ1v) is 10.3. The molecule has 0 unspecified atom stereocenters. The van der Waals surface area contributed by atoms with E-state index in [9.17, 15) is 4.79 Å². The van der Waals surface area contributed by atoms with E-state index in [0.29, 0.717) is 32.0 Å². The van der Waals surface area contributed by atoms with Crippen LogP contribution in [0.3, 0.4) is 0 Å². The predicted molar refractivity (Wildman–Crippen MR) is 120 cm³/mol. The Morgan fingerprint density at radius 3 is 2.48 bits per heavy atom. The number of ether oxygens (including phenoxy) is 1.